The maximum Gasteiger partial charge on any atom is 0.256 e. The van der Waals surface area contributed by atoms with Gasteiger partial charge in [-0.25, -0.2) is 4.39 Å². The van der Waals surface area contributed by atoms with Gasteiger partial charge in [0.1, 0.15) is 5.82 Å². The van der Waals surface area contributed by atoms with E-state index in [1.165, 1.54) is 18.2 Å². The van der Waals surface area contributed by atoms with Gasteiger partial charge in [-0.2, -0.15) is 0 Å². The second kappa shape index (κ2) is 5.35. The molecular weight excluding hydrogens is 235 g/mol. The Morgan fingerprint density at radius 3 is 3.06 bits per heavy atom. The maximum absolute atomic E-state index is 13.2. The SMILES string of the molecule is Nc1ccc(F)cc1C(=O)N1CCCC(CO)C1. The van der Waals surface area contributed by atoms with E-state index in [2.05, 4.69) is 0 Å². The lowest BCUT2D eigenvalue weighted by atomic mass is 9.98. The number of aliphatic hydroxyl groups excluding tert-OH is 1. The number of amides is 1. The van der Waals surface area contributed by atoms with Gasteiger partial charge in [0.05, 0.1) is 5.56 Å². The number of nitrogens with two attached hydrogens (primary N) is 1. The number of carbonyl (C=O) groups excluding carboxylic acids is 1. The first-order valence-electron chi connectivity index (χ1n) is 6.07. The molecule has 0 aliphatic carbocycles. The van der Waals surface area contributed by atoms with Crippen LogP contribution in [0.25, 0.3) is 0 Å². The summed E-state index contributed by atoms with van der Waals surface area (Å²) in [7, 11) is 0. The van der Waals surface area contributed by atoms with E-state index in [-0.39, 0.29) is 29.7 Å². The van der Waals surface area contributed by atoms with Gasteiger partial charge in [-0.05, 0) is 37.0 Å². The average Bonchev–Trinajstić information content (AvgIpc) is 2.41. The lowest BCUT2D eigenvalue weighted by molar-refractivity contribution is 0.0621. The topological polar surface area (TPSA) is 66.6 Å². The zero-order valence-electron chi connectivity index (χ0n) is 10.1. The molecule has 0 saturated carbocycles. The number of benzene rings is 1. The number of hydrogen-bond acceptors (Lipinski definition) is 3. The molecular formula is C13H17FN2O2. The third-order valence-corrected chi connectivity index (χ3v) is 3.31. The highest BCUT2D eigenvalue weighted by Crippen LogP contribution is 2.21. The number of carbonyl (C=O) groups is 1. The van der Waals surface area contributed by atoms with Crippen LogP contribution in [0.15, 0.2) is 18.2 Å². The van der Waals surface area contributed by atoms with Crippen LogP contribution in [0.1, 0.15) is 23.2 Å². The van der Waals surface area contributed by atoms with Crippen LogP contribution >= 0.6 is 0 Å². The molecule has 1 aliphatic rings. The largest absolute Gasteiger partial charge is 0.398 e. The van der Waals surface area contributed by atoms with Gasteiger partial charge < -0.3 is 15.7 Å². The summed E-state index contributed by atoms with van der Waals surface area (Å²) in [6.45, 7) is 1.21. The van der Waals surface area contributed by atoms with Gasteiger partial charge in [0.15, 0.2) is 0 Å². The Morgan fingerprint density at radius 2 is 2.33 bits per heavy atom. The van der Waals surface area contributed by atoms with Crippen molar-refractivity contribution in [1.29, 1.82) is 0 Å². The summed E-state index contributed by atoms with van der Waals surface area (Å²) in [5, 5.41) is 9.14. The maximum atomic E-state index is 13.2. The minimum atomic E-state index is -0.469. The highest BCUT2D eigenvalue weighted by Gasteiger charge is 2.25. The zero-order chi connectivity index (χ0) is 13.1. The summed E-state index contributed by atoms with van der Waals surface area (Å²) in [6, 6.07) is 3.80. The third-order valence-electron chi connectivity index (χ3n) is 3.31. The van der Waals surface area contributed by atoms with Gasteiger partial charge in [0, 0.05) is 25.4 Å². The van der Waals surface area contributed by atoms with Crippen molar-refractivity contribution in [2.75, 3.05) is 25.4 Å². The van der Waals surface area contributed by atoms with E-state index in [4.69, 9.17) is 10.8 Å². The van der Waals surface area contributed by atoms with Crippen LogP contribution in [0.2, 0.25) is 0 Å². The van der Waals surface area contributed by atoms with Crippen molar-refractivity contribution in [3.05, 3.63) is 29.6 Å². The van der Waals surface area contributed by atoms with E-state index in [1.54, 1.807) is 4.90 Å². The quantitative estimate of drug-likeness (QED) is 0.778. The zero-order valence-corrected chi connectivity index (χ0v) is 10.1. The molecule has 4 nitrogen and oxygen atoms in total. The summed E-state index contributed by atoms with van der Waals surface area (Å²) >= 11 is 0. The number of nitrogens with zero attached hydrogens (tertiary/aromatic N) is 1. The van der Waals surface area contributed by atoms with Gasteiger partial charge in [0.2, 0.25) is 0 Å². The molecule has 1 aromatic carbocycles. The van der Waals surface area contributed by atoms with Crippen LogP contribution in [0, 0.1) is 11.7 Å². The third kappa shape index (κ3) is 2.61. The predicted molar refractivity (Wildman–Crippen MR) is 66.5 cm³/mol. The van der Waals surface area contributed by atoms with E-state index >= 15 is 0 Å². The first-order valence-corrected chi connectivity index (χ1v) is 6.07. The van der Waals surface area contributed by atoms with Crippen molar-refractivity contribution in [1.82, 2.24) is 4.90 Å². The molecule has 1 fully saturated rings. The van der Waals surface area contributed by atoms with E-state index < -0.39 is 5.82 Å². The fourth-order valence-corrected chi connectivity index (χ4v) is 2.28. The summed E-state index contributed by atoms with van der Waals surface area (Å²) in [5.41, 5.74) is 6.19. The van der Waals surface area contributed by atoms with Gasteiger partial charge >= 0.3 is 0 Å². The van der Waals surface area contributed by atoms with E-state index in [0.29, 0.717) is 13.1 Å². The van der Waals surface area contributed by atoms with Crippen molar-refractivity contribution >= 4 is 11.6 Å². The number of nitrogen functional groups attached to an aromatic ring is 1. The average molecular weight is 252 g/mol. The molecule has 1 atom stereocenters. The fraction of sp³-hybridized carbons (Fsp3) is 0.462. The predicted octanol–water partition coefficient (Wildman–Crippen LogP) is 1.25. The van der Waals surface area contributed by atoms with Crippen LogP contribution in [0.4, 0.5) is 10.1 Å². The van der Waals surface area contributed by atoms with Crippen molar-refractivity contribution in [2.24, 2.45) is 5.92 Å². The molecule has 3 N–H and O–H groups in total. The van der Waals surface area contributed by atoms with Crippen LogP contribution in [-0.2, 0) is 0 Å². The van der Waals surface area contributed by atoms with E-state index in [1.807, 2.05) is 0 Å². The summed E-state index contributed by atoms with van der Waals surface area (Å²) in [6.07, 6.45) is 1.77. The number of rotatable bonds is 2. The number of halogens is 1. The van der Waals surface area contributed by atoms with Crippen molar-refractivity contribution in [3.8, 4) is 0 Å². The van der Waals surface area contributed by atoms with Gasteiger partial charge in [-0.15, -0.1) is 0 Å². The second-order valence-corrected chi connectivity index (χ2v) is 4.67. The minimum Gasteiger partial charge on any atom is -0.398 e. The van der Waals surface area contributed by atoms with Crippen molar-refractivity contribution in [2.45, 2.75) is 12.8 Å². The molecule has 1 heterocycles. The van der Waals surface area contributed by atoms with Crippen LogP contribution in [0.5, 0.6) is 0 Å². The van der Waals surface area contributed by atoms with Crippen molar-refractivity contribution < 1.29 is 14.3 Å². The molecule has 1 aromatic rings. The molecule has 1 aliphatic heterocycles. The van der Waals surface area contributed by atoms with Gasteiger partial charge in [0.25, 0.3) is 5.91 Å². The second-order valence-electron chi connectivity index (χ2n) is 4.67. The highest BCUT2D eigenvalue weighted by molar-refractivity contribution is 5.99. The van der Waals surface area contributed by atoms with E-state index in [0.717, 1.165) is 12.8 Å². The Kier molecular flexibility index (Phi) is 3.81. The molecule has 0 radical (unpaired) electrons. The Bertz CT molecular complexity index is 451. The van der Waals surface area contributed by atoms with Crippen LogP contribution in [-0.4, -0.2) is 35.6 Å². The molecule has 0 bridgehead atoms. The fourth-order valence-electron chi connectivity index (χ4n) is 2.28. The Hall–Kier alpha value is -1.62. The normalized spacial score (nSPS) is 19.9. The number of likely N-dealkylation sites (tertiary alicyclic amines) is 1. The monoisotopic (exact) mass is 252 g/mol. The van der Waals surface area contributed by atoms with Crippen molar-refractivity contribution in [3.63, 3.8) is 0 Å². The molecule has 2 rings (SSSR count). The Labute approximate surface area is 105 Å². The van der Waals surface area contributed by atoms with Gasteiger partial charge in [-0.1, -0.05) is 0 Å². The number of aliphatic hydroxyl groups is 1. The lowest BCUT2D eigenvalue weighted by Crippen LogP contribution is -2.41. The summed E-state index contributed by atoms with van der Waals surface area (Å²) in [5.74, 6) is -0.620. The first kappa shape index (κ1) is 12.8. The molecule has 0 spiro atoms. The summed E-state index contributed by atoms with van der Waals surface area (Å²) < 4.78 is 13.2. The van der Waals surface area contributed by atoms with Crippen LogP contribution < -0.4 is 5.73 Å². The number of anilines is 1. The number of hydrogen-bond donors (Lipinski definition) is 2. The number of piperidine rings is 1. The molecule has 1 unspecified atom stereocenters. The minimum absolute atomic E-state index is 0.0718. The molecule has 5 heteroatoms. The van der Waals surface area contributed by atoms with E-state index in [9.17, 15) is 9.18 Å². The first-order chi connectivity index (χ1) is 8.61. The van der Waals surface area contributed by atoms with Crippen LogP contribution in [0.3, 0.4) is 0 Å². The molecule has 0 aromatic heterocycles. The molecule has 1 amide bonds. The lowest BCUT2D eigenvalue weighted by Gasteiger charge is -2.32. The highest BCUT2D eigenvalue weighted by atomic mass is 19.1. The Morgan fingerprint density at radius 1 is 1.56 bits per heavy atom. The molecule has 1 saturated heterocycles. The molecule has 98 valence electrons. The smallest absolute Gasteiger partial charge is 0.256 e. The van der Waals surface area contributed by atoms with Gasteiger partial charge in [-0.3, -0.25) is 4.79 Å². The standard InChI is InChI=1S/C13H17FN2O2/c14-10-3-4-12(15)11(6-10)13(18)16-5-1-2-9(7-16)8-17/h3-4,6,9,17H,1-2,5,7-8,15H2. The molecule has 18 heavy (non-hydrogen) atoms. The summed E-state index contributed by atoms with van der Waals surface area (Å²) in [4.78, 5) is 13.9. The Balaban J connectivity index is 2.17.